The molecule has 19 heavy (non-hydrogen) atoms. The van der Waals surface area contributed by atoms with E-state index in [1.54, 1.807) is 0 Å². The van der Waals surface area contributed by atoms with E-state index in [4.69, 9.17) is 11.6 Å². The summed E-state index contributed by atoms with van der Waals surface area (Å²) < 4.78 is 0. The quantitative estimate of drug-likeness (QED) is 0.559. The van der Waals surface area contributed by atoms with Gasteiger partial charge in [-0.05, 0) is 11.1 Å². The molecule has 0 aliphatic rings. The molecule has 0 bridgehead atoms. The third kappa shape index (κ3) is 2.40. The zero-order valence-electron chi connectivity index (χ0n) is 10.4. The Hall–Kier alpha value is -2.05. The van der Waals surface area contributed by atoms with Gasteiger partial charge in [-0.25, -0.2) is 0 Å². The molecule has 0 spiro atoms. The van der Waals surface area contributed by atoms with E-state index in [2.05, 4.69) is 42.5 Å². The van der Waals surface area contributed by atoms with Gasteiger partial charge in [0.2, 0.25) is 0 Å². The maximum atomic E-state index is 6.58. The summed E-state index contributed by atoms with van der Waals surface area (Å²) in [5, 5.41) is 0.805. The van der Waals surface area contributed by atoms with Crippen molar-refractivity contribution in [1.29, 1.82) is 0 Å². The van der Waals surface area contributed by atoms with Crippen LogP contribution in [0.2, 0.25) is 5.02 Å². The van der Waals surface area contributed by atoms with E-state index < -0.39 is 0 Å². The highest BCUT2D eigenvalue weighted by Crippen LogP contribution is 2.35. The smallest absolute Gasteiger partial charge is 0.0562 e. The predicted molar refractivity (Wildman–Crippen MR) is 82.3 cm³/mol. The van der Waals surface area contributed by atoms with Gasteiger partial charge in [-0.15, -0.1) is 0 Å². The van der Waals surface area contributed by atoms with Crippen LogP contribution >= 0.6 is 11.6 Å². The van der Waals surface area contributed by atoms with E-state index in [9.17, 15) is 0 Å². The van der Waals surface area contributed by atoms with Crippen molar-refractivity contribution in [2.24, 2.45) is 0 Å². The number of hydrogen-bond acceptors (Lipinski definition) is 0. The molecule has 0 saturated heterocycles. The van der Waals surface area contributed by atoms with Crippen LogP contribution in [-0.2, 0) is 0 Å². The molecule has 1 heteroatoms. The fraction of sp³-hybridized carbons (Fsp3) is 0. The lowest BCUT2D eigenvalue weighted by molar-refractivity contribution is 1.59. The van der Waals surface area contributed by atoms with Crippen molar-refractivity contribution in [1.82, 2.24) is 0 Å². The monoisotopic (exact) mass is 264 g/mol. The third-order valence-corrected chi connectivity index (χ3v) is 3.58. The summed E-state index contributed by atoms with van der Waals surface area (Å²) in [4.78, 5) is 0. The molecule has 0 atom stereocenters. The highest BCUT2D eigenvalue weighted by molar-refractivity contribution is 6.36. The summed E-state index contributed by atoms with van der Waals surface area (Å²) in [6.45, 7) is 0. The minimum Gasteiger partial charge on any atom is -0.0830 e. The topological polar surface area (TPSA) is 0 Å². The summed E-state index contributed by atoms with van der Waals surface area (Å²) in [6.07, 6.45) is 0. The maximum Gasteiger partial charge on any atom is 0.0562 e. The molecule has 0 fully saturated rings. The van der Waals surface area contributed by atoms with Gasteiger partial charge in [-0.2, -0.15) is 0 Å². The first-order valence-corrected chi connectivity index (χ1v) is 6.63. The van der Waals surface area contributed by atoms with E-state index in [0.29, 0.717) is 0 Å². The van der Waals surface area contributed by atoms with Crippen molar-refractivity contribution in [3.05, 3.63) is 83.9 Å². The summed E-state index contributed by atoms with van der Waals surface area (Å²) in [5.41, 5.74) is 4.43. The van der Waals surface area contributed by atoms with Crippen LogP contribution < -0.4 is 0 Å². The lowest BCUT2D eigenvalue weighted by atomic mass is 9.99. The molecular weight excluding hydrogens is 252 g/mol. The van der Waals surface area contributed by atoms with Crippen LogP contribution in [0.1, 0.15) is 0 Å². The standard InChI is InChI=1S/C18H13Cl/c19-18-16(14-8-3-1-4-9-14)12-7-13-17(18)15-10-5-2-6-11-15/h1-13H. The average Bonchev–Trinajstić information content (AvgIpc) is 2.49. The van der Waals surface area contributed by atoms with Gasteiger partial charge in [-0.1, -0.05) is 90.5 Å². The molecular formula is C18H13Cl. The Bertz CT molecular complexity index is 615. The van der Waals surface area contributed by atoms with Crippen molar-refractivity contribution in [2.75, 3.05) is 0 Å². The molecule has 3 aromatic carbocycles. The van der Waals surface area contributed by atoms with Crippen LogP contribution in [-0.4, -0.2) is 0 Å². The van der Waals surface area contributed by atoms with Crippen LogP contribution in [0.5, 0.6) is 0 Å². The summed E-state index contributed by atoms with van der Waals surface area (Å²) >= 11 is 6.58. The van der Waals surface area contributed by atoms with Crippen molar-refractivity contribution >= 4 is 11.6 Å². The molecule has 0 nitrogen and oxygen atoms in total. The molecule has 0 amide bonds. The Morgan fingerprint density at radius 1 is 0.474 bits per heavy atom. The second-order valence-electron chi connectivity index (χ2n) is 4.40. The number of halogens is 1. The number of benzene rings is 3. The second-order valence-corrected chi connectivity index (χ2v) is 4.78. The van der Waals surface area contributed by atoms with Gasteiger partial charge in [0.1, 0.15) is 0 Å². The Kier molecular flexibility index (Phi) is 3.35. The largest absolute Gasteiger partial charge is 0.0830 e. The van der Waals surface area contributed by atoms with Gasteiger partial charge in [0, 0.05) is 11.1 Å². The van der Waals surface area contributed by atoms with Crippen LogP contribution in [0.4, 0.5) is 0 Å². The van der Waals surface area contributed by atoms with Crippen LogP contribution in [0.3, 0.4) is 0 Å². The fourth-order valence-corrected chi connectivity index (χ4v) is 2.56. The van der Waals surface area contributed by atoms with E-state index in [0.717, 1.165) is 27.3 Å². The average molecular weight is 265 g/mol. The van der Waals surface area contributed by atoms with Crippen molar-refractivity contribution in [3.63, 3.8) is 0 Å². The van der Waals surface area contributed by atoms with Gasteiger partial charge in [-0.3, -0.25) is 0 Å². The van der Waals surface area contributed by atoms with Crippen molar-refractivity contribution in [2.45, 2.75) is 0 Å². The molecule has 92 valence electrons. The van der Waals surface area contributed by atoms with Crippen molar-refractivity contribution < 1.29 is 0 Å². The minimum absolute atomic E-state index is 0.805. The Morgan fingerprint density at radius 3 is 1.32 bits per heavy atom. The first-order chi connectivity index (χ1) is 9.36. The fourth-order valence-electron chi connectivity index (χ4n) is 2.21. The SMILES string of the molecule is Clc1c(-c2ccccc2)cccc1-c1ccccc1. The molecule has 0 saturated carbocycles. The maximum absolute atomic E-state index is 6.58. The first-order valence-electron chi connectivity index (χ1n) is 6.25. The Morgan fingerprint density at radius 2 is 0.895 bits per heavy atom. The predicted octanol–water partition coefficient (Wildman–Crippen LogP) is 5.67. The second kappa shape index (κ2) is 5.29. The summed E-state index contributed by atoms with van der Waals surface area (Å²) in [6, 6.07) is 26.6. The number of rotatable bonds is 2. The Balaban J connectivity index is 2.15. The normalized spacial score (nSPS) is 10.4. The van der Waals surface area contributed by atoms with E-state index in [1.807, 2.05) is 36.4 Å². The molecule has 0 aliphatic carbocycles. The molecule has 0 radical (unpaired) electrons. The molecule has 3 aromatic rings. The van der Waals surface area contributed by atoms with Crippen LogP contribution in [0.25, 0.3) is 22.3 Å². The highest BCUT2D eigenvalue weighted by Gasteiger charge is 2.08. The molecule has 3 rings (SSSR count). The summed E-state index contributed by atoms with van der Waals surface area (Å²) in [7, 11) is 0. The van der Waals surface area contributed by atoms with Crippen LogP contribution in [0, 0.1) is 0 Å². The molecule has 0 aromatic heterocycles. The third-order valence-electron chi connectivity index (χ3n) is 3.17. The zero-order valence-corrected chi connectivity index (χ0v) is 11.1. The lowest BCUT2D eigenvalue weighted by Crippen LogP contribution is -1.84. The molecule has 0 aliphatic heterocycles. The van der Waals surface area contributed by atoms with Crippen molar-refractivity contribution in [3.8, 4) is 22.3 Å². The lowest BCUT2D eigenvalue weighted by Gasteiger charge is -2.10. The van der Waals surface area contributed by atoms with Gasteiger partial charge < -0.3 is 0 Å². The van der Waals surface area contributed by atoms with Gasteiger partial charge in [0.25, 0.3) is 0 Å². The van der Waals surface area contributed by atoms with E-state index in [-0.39, 0.29) is 0 Å². The first kappa shape index (κ1) is 12.0. The highest BCUT2D eigenvalue weighted by atomic mass is 35.5. The van der Waals surface area contributed by atoms with E-state index >= 15 is 0 Å². The minimum atomic E-state index is 0.805. The summed E-state index contributed by atoms with van der Waals surface area (Å²) in [5.74, 6) is 0. The Labute approximate surface area is 118 Å². The van der Waals surface area contributed by atoms with E-state index in [1.165, 1.54) is 0 Å². The molecule has 0 heterocycles. The van der Waals surface area contributed by atoms with Gasteiger partial charge in [0.05, 0.1) is 5.02 Å². The van der Waals surface area contributed by atoms with Crippen LogP contribution in [0.15, 0.2) is 78.9 Å². The van der Waals surface area contributed by atoms with Gasteiger partial charge in [0.15, 0.2) is 0 Å². The molecule has 0 N–H and O–H groups in total. The molecule has 0 unspecified atom stereocenters. The van der Waals surface area contributed by atoms with Gasteiger partial charge >= 0.3 is 0 Å². The number of hydrogen-bond donors (Lipinski definition) is 0. The zero-order chi connectivity index (χ0) is 13.1.